The average molecular weight is 842 g/mol. The Kier molecular flexibility index (Phi) is 21.6. The van der Waals surface area contributed by atoms with Crippen LogP contribution in [0.3, 0.4) is 0 Å². The van der Waals surface area contributed by atoms with Crippen LogP contribution in [0.15, 0.2) is 24.3 Å². The third-order valence-corrected chi connectivity index (χ3v) is 11.6. The van der Waals surface area contributed by atoms with Gasteiger partial charge < -0.3 is 62.9 Å². The van der Waals surface area contributed by atoms with Gasteiger partial charge in [-0.25, -0.2) is 0 Å². The van der Waals surface area contributed by atoms with E-state index in [1.54, 1.807) is 64.9 Å². The number of ether oxygens (including phenoxy) is 8. The van der Waals surface area contributed by atoms with E-state index in [-0.39, 0.29) is 38.0 Å². The standard InChI is InChI=1S/C44H75NO14/c1-11-13-14-18-23-53-42-30(6)55-36(26-44(42,7)51)58-39-29(5)56-43(38(50)37(39)45(8)9)59-40-31(21-22-46)24-27(3)32(47)20-17-15-16-19-28(4)54-35(49)25-33(41(40)52-10)57-34(48)12-2/h15-17,20,22,27-33,36-43,47,50-51H,11-14,18-19,21,23-26H2,1-10H3/b16-15+,20-17+/t27-,28-,29-,30+,31?,32+,33?,36+,37-,38-,39-,40+,41+,42+,43+,44-/m1/s1. The number of methoxy groups -OCH3 is 1. The van der Waals surface area contributed by atoms with Gasteiger partial charge in [-0.15, -0.1) is 0 Å². The first-order chi connectivity index (χ1) is 28.0. The number of aldehydes is 1. The summed E-state index contributed by atoms with van der Waals surface area (Å²) in [6.07, 6.45) is 1.36. The molecule has 3 N–H and O–H groups in total. The monoisotopic (exact) mass is 842 g/mol. The van der Waals surface area contributed by atoms with Gasteiger partial charge >= 0.3 is 11.9 Å². The summed E-state index contributed by atoms with van der Waals surface area (Å²) in [6, 6.07) is -0.721. The third kappa shape index (κ3) is 15.2. The Labute approximate surface area is 352 Å². The van der Waals surface area contributed by atoms with E-state index in [2.05, 4.69) is 6.92 Å². The molecule has 0 radical (unpaired) electrons. The van der Waals surface area contributed by atoms with Gasteiger partial charge in [-0.05, 0) is 66.5 Å². The molecule has 2 saturated heterocycles. The predicted molar refractivity (Wildman–Crippen MR) is 219 cm³/mol. The number of likely N-dealkylation sites (N-methyl/N-ethyl adjacent to an activating group) is 1. The Morgan fingerprint density at radius 1 is 1.00 bits per heavy atom. The molecule has 0 saturated carbocycles. The maximum absolute atomic E-state index is 13.3. The Morgan fingerprint density at radius 3 is 2.36 bits per heavy atom. The number of hydrogen-bond donors (Lipinski definition) is 3. The number of esters is 2. The van der Waals surface area contributed by atoms with E-state index in [1.165, 1.54) is 7.11 Å². The molecule has 2 unspecified atom stereocenters. The van der Waals surface area contributed by atoms with Gasteiger partial charge in [0.05, 0.1) is 42.5 Å². The van der Waals surface area contributed by atoms with Crippen LogP contribution in [-0.2, 0) is 52.3 Å². The fourth-order valence-corrected chi connectivity index (χ4v) is 8.43. The quantitative estimate of drug-likeness (QED) is 0.113. The van der Waals surface area contributed by atoms with Gasteiger partial charge in [-0.3, -0.25) is 9.59 Å². The molecule has 0 amide bonds. The van der Waals surface area contributed by atoms with Crippen molar-refractivity contribution in [2.24, 2.45) is 11.8 Å². The first-order valence-electron chi connectivity index (χ1n) is 21.6. The van der Waals surface area contributed by atoms with Crippen LogP contribution in [0, 0.1) is 11.8 Å². The lowest BCUT2D eigenvalue weighted by Crippen LogP contribution is -2.66. The van der Waals surface area contributed by atoms with Crippen LogP contribution >= 0.6 is 0 Å². The van der Waals surface area contributed by atoms with Crippen LogP contribution in [0.2, 0.25) is 0 Å². The van der Waals surface area contributed by atoms with Crippen molar-refractivity contribution in [1.29, 1.82) is 0 Å². The first kappa shape index (κ1) is 51.0. The minimum Gasteiger partial charge on any atom is -0.462 e. The lowest BCUT2D eigenvalue weighted by Gasteiger charge is -2.50. The van der Waals surface area contributed by atoms with Crippen LogP contribution in [-0.4, -0.2) is 152 Å². The minimum atomic E-state index is -1.35. The molecular weight excluding hydrogens is 766 g/mol. The summed E-state index contributed by atoms with van der Waals surface area (Å²) < 4.78 is 49.6. The second-order valence-corrected chi connectivity index (χ2v) is 17.0. The number of carbonyl (C=O) groups excluding carboxylic acids is 3. The Morgan fingerprint density at radius 2 is 1.73 bits per heavy atom. The maximum atomic E-state index is 13.3. The van der Waals surface area contributed by atoms with E-state index in [0.29, 0.717) is 13.0 Å². The lowest BCUT2D eigenvalue weighted by molar-refractivity contribution is -0.345. The normalized spacial score (nSPS) is 40.2. The molecular formula is C44H75NO14. The summed E-state index contributed by atoms with van der Waals surface area (Å²) in [4.78, 5) is 40.3. The molecule has 0 aliphatic carbocycles. The molecule has 0 bridgehead atoms. The fraction of sp³-hybridized carbons (Fsp3) is 0.841. The number of aliphatic hydroxyl groups is 3. The molecule has 15 heteroatoms. The number of rotatable bonds is 16. The van der Waals surface area contributed by atoms with E-state index >= 15 is 0 Å². The highest BCUT2D eigenvalue weighted by Gasteiger charge is 2.52. The topological polar surface area (TPSA) is 189 Å². The molecule has 0 aromatic rings. The Hall–Kier alpha value is -2.31. The van der Waals surface area contributed by atoms with Crippen molar-refractivity contribution in [2.75, 3.05) is 27.8 Å². The fourth-order valence-electron chi connectivity index (χ4n) is 8.43. The number of aliphatic hydroxyl groups excluding tert-OH is 2. The van der Waals surface area contributed by atoms with Gasteiger partial charge in [-0.1, -0.05) is 64.3 Å². The molecule has 2 fully saturated rings. The zero-order valence-corrected chi connectivity index (χ0v) is 37.1. The van der Waals surface area contributed by atoms with Crippen LogP contribution in [0.5, 0.6) is 0 Å². The van der Waals surface area contributed by atoms with Gasteiger partial charge in [0.2, 0.25) is 0 Å². The van der Waals surface area contributed by atoms with Crippen molar-refractivity contribution in [3.05, 3.63) is 24.3 Å². The van der Waals surface area contributed by atoms with E-state index in [1.807, 2.05) is 19.9 Å². The summed E-state index contributed by atoms with van der Waals surface area (Å²) in [5.74, 6) is -2.27. The summed E-state index contributed by atoms with van der Waals surface area (Å²) in [6.45, 7) is 13.2. The molecule has 15 nitrogen and oxygen atoms in total. The van der Waals surface area contributed by atoms with Crippen molar-refractivity contribution in [1.82, 2.24) is 4.90 Å². The molecule has 3 aliphatic heterocycles. The highest BCUT2D eigenvalue weighted by Crippen LogP contribution is 2.37. The van der Waals surface area contributed by atoms with Crippen molar-refractivity contribution in [3.63, 3.8) is 0 Å². The van der Waals surface area contributed by atoms with Crippen molar-refractivity contribution >= 4 is 18.2 Å². The van der Waals surface area contributed by atoms with Crippen LogP contribution < -0.4 is 0 Å². The molecule has 340 valence electrons. The van der Waals surface area contributed by atoms with Gasteiger partial charge in [0.25, 0.3) is 0 Å². The molecule has 3 aliphatic rings. The van der Waals surface area contributed by atoms with Gasteiger partial charge in [0.1, 0.15) is 42.9 Å². The zero-order chi connectivity index (χ0) is 43.9. The molecule has 59 heavy (non-hydrogen) atoms. The number of cyclic esters (lactones) is 1. The van der Waals surface area contributed by atoms with E-state index < -0.39 is 103 Å². The summed E-state index contributed by atoms with van der Waals surface area (Å²) in [5, 5.41) is 34.8. The van der Waals surface area contributed by atoms with Crippen LogP contribution in [0.25, 0.3) is 0 Å². The van der Waals surface area contributed by atoms with E-state index in [0.717, 1.165) is 32.0 Å². The molecule has 0 spiro atoms. The second-order valence-electron chi connectivity index (χ2n) is 17.0. The van der Waals surface area contributed by atoms with Gasteiger partial charge in [0.15, 0.2) is 12.6 Å². The zero-order valence-electron chi connectivity index (χ0n) is 37.1. The second kappa shape index (κ2) is 25.0. The number of nitrogens with zero attached hydrogens (tertiary/aromatic N) is 1. The largest absolute Gasteiger partial charge is 0.462 e. The molecule has 3 heterocycles. The van der Waals surface area contributed by atoms with E-state index in [9.17, 15) is 29.7 Å². The van der Waals surface area contributed by atoms with E-state index in [4.69, 9.17) is 37.9 Å². The summed E-state index contributed by atoms with van der Waals surface area (Å²) >= 11 is 0. The number of hydrogen-bond acceptors (Lipinski definition) is 15. The van der Waals surface area contributed by atoms with Crippen LogP contribution in [0.4, 0.5) is 0 Å². The summed E-state index contributed by atoms with van der Waals surface area (Å²) in [7, 11) is 4.97. The summed E-state index contributed by atoms with van der Waals surface area (Å²) in [5.41, 5.74) is -1.25. The Bertz CT molecular complexity index is 1330. The molecule has 3 rings (SSSR count). The third-order valence-electron chi connectivity index (χ3n) is 11.6. The van der Waals surface area contributed by atoms with Crippen molar-refractivity contribution in [3.8, 4) is 0 Å². The number of allylic oxidation sites excluding steroid dienone is 2. The average Bonchev–Trinajstić information content (AvgIpc) is 3.15. The SMILES string of the molecule is CCCCCCO[C@H]1[C@H](C)O[C@@H](O[C@H]2[C@H](N(C)C)[C@@H](O)[C@H](O[C@H]3C(CC=O)C[C@@H](C)[C@@H](O)/C=C/C=C/C[C@@H](C)OC(=O)CC(OC(=O)CC)[C@@H]3OC)O[C@@H]2C)C[C@@]1(C)O. The molecule has 0 aromatic heterocycles. The Balaban J connectivity index is 1.96. The highest BCUT2D eigenvalue weighted by atomic mass is 16.7. The van der Waals surface area contributed by atoms with Crippen LogP contribution in [0.1, 0.15) is 113 Å². The van der Waals surface area contributed by atoms with Gasteiger partial charge in [-0.2, -0.15) is 0 Å². The first-order valence-corrected chi connectivity index (χ1v) is 21.6. The minimum absolute atomic E-state index is 0.0154. The lowest BCUT2D eigenvalue weighted by atomic mass is 9.82. The van der Waals surface area contributed by atoms with Gasteiger partial charge in [0, 0.05) is 39.4 Å². The van der Waals surface area contributed by atoms with Crippen molar-refractivity contribution in [2.45, 2.75) is 198 Å². The molecule has 0 aromatic carbocycles. The molecule has 16 atom stereocenters. The number of carbonyl (C=O) groups is 3. The number of unbranched alkanes of at least 4 members (excludes halogenated alkanes) is 3. The maximum Gasteiger partial charge on any atom is 0.309 e. The van der Waals surface area contributed by atoms with Crippen molar-refractivity contribution < 1.29 is 67.6 Å². The smallest absolute Gasteiger partial charge is 0.309 e. The predicted octanol–water partition coefficient (Wildman–Crippen LogP) is 4.41. The highest BCUT2D eigenvalue weighted by molar-refractivity contribution is 5.72.